The van der Waals surface area contributed by atoms with Crippen LogP contribution in [0.25, 0.3) is 0 Å². The highest BCUT2D eigenvalue weighted by molar-refractivity contribution is 5.96. The van der Waals surface area contributed by atoms with Gasteiger partial charge in [-0.2, -0.15) is 0 Å². The van der Waals surface area contributed by atoms with Crippen molar-refractivity contribution < 1.29 is 14.3 Å². The maximum atomic E-state index is 12.6. The summed E-state index contributed by atoms with van der Waals surface area (Å²) in [7, 11) is 0. The average Bonchev–Trinajstić information content (AvgIpc) is 2.69. The Kier molecular flexibility index (Phi) is 8.96. The molecule has 0 aliphatic carbocycles. The number of piperazine rings is 1. The van der Waals surface area contributed by atoms with Crippen molar-refractivity contribution in [2.75, 3.05) is 44.6 Å². The van der Waals surface area contributed by atoms with Crippen LogP contribution in [-0.2, 0) is 9.53 Å². The van der Waals surface area contributed by atoms with Crippen LogP contribution in [0.15, 0.2) is 24.3 Å². The van der Waals surface area contributed by atoms with Crippen molar-refractivity contribution in [2.24, 2.45) is 0 Å². The monoisotopic (exact) mass is 403 g/mol. The van der Waals surface area contributed by atoms with Crippen LogP contribution in [0.2, 0.25) is 0 Å². The van der Waals surface area contributed by atoms with Gasteiger partial charge in [-0.05, 0) is 45.9 Å². The third kappa shape index (κ3) is 8.05. The molecule has 1 aromatic carbocycles. The van der Waals surface area contributed by atoms with Crippen molar-refractivity contribution in [3.63, 3.8) is 0 Å². The topological polar surface area (TPSA) is 61.9 Å². The van der Waals surface area contributed by atoms with Gasteiger partial charge in [0.1, 0.15) is 5.60 Å². The number of anilines is 1. The van der Waals surface area contributed by atoms with Gasteiger partial charge in [-0.25, -0.2) is 4.79 Å². The summed E-state index contributed by atoms with van der Waals surface area (Å²) in [6, 6.07) is 7.17. The van der Waals surface area contributed by atoms with Gasteiger partial charge in [-0.1, -0.05) is 38.3 Å². The van der Waals surface area contributed by atoms with E-state index in [2.05, 4.69) is 17.1 Å². The number of nitrogens with zero attached hydrogens (tertiary/aromatic N) is 2. The fraction of sp³-hybridized carbons (Fsp3) is 0.652. The standard InChI is InChI=1S/C23H37N3O3/c1-5-6-7-10-13-25-14-16-26(17-15-25)21(27)18-24-20-12-9-8-11-19(20)22(28)29-23(2,3)4/h8-9,11-12,24H,5-7,10,13-18H2,1-4H3. The second kappa shape index (κ2) is 11.2. The molecule has 1 heterocycles. The Hall–Kier alpha value is -2.08. The zero-order valence-electron chi connectivity index (χ0n) is 18.5. The zero-order valence-corrected chi connectivity index (χ0v) is 18.5. The van der Waals surface area contributed by atoms with Crippen LogP contribution < -0.4 is 5.32 Å². The van der Waals surface area contributed by atoms with E-state index in [9.17, 15) is 9.59 Å². The second-order valence-corrected chi connectivity index (χ2v) is 8.68. The van der Waals surface area contributed by atoms with E-state index >= 15 is 0 Å². The number of benzene rings is 1. The second-order valence-electron chi connectivity index (χ2n) is 8.68. The molecule has 0 saturated carbocycles. The first-order valence-electron chi connectivity index (χ1n) is 10.9. The molecule has 1 saturated heterocycles. The molecule has 162 valence electrons. The smallest absolute Gasteiger partial charge is 0.340 e. The van der Waals surface area contributed by atoms with Gasteiger partial charge in [0, 0.05) is 31.9 Å². The molecule has 0 bridgehead atoms. The molecule has 6 nitrogen and oxygen atoms in total. The normalized spacial score (nSPS) is 15.2. The minimum Gasteiger partial charge on any atom is -0.456 e. The minimum atomic E-state index is -0.559. The number of ether oxygens (including phenoxy) is 1. The van der Waals surface area contributed by atoms with Crippen LogP contribution in [-0.4, -0.2) is 66.5 Å². The lowest BCUT2D eigenvalue weighted by atomic mass is 10.1. The van der Waals surface area contributed by atoms with Crippen molar-refractivity contribution in [2.45, 2.75) is 59.0 Å². The predicted octanol–water partition coefficient (Wildman–Crippen LogP) is 3.78. The van der Waals surface area contributed by atoms with Gasteiger partial charge in [0.15, 0.2) is 0 Å². The summed E-state index contributed by atoms with van der Waals surface area (Å²) in [5.74, 6) is -0.320. The van der Waals surface area contributed by atoms with Gasteiger partial charge in [0.25, 0.3) is 0 Å². The van der Waals surface area contributed by atoms with E-state index < -0.39 is 5.60 Å². The number of unbranched alkanes of at least 4 members (excludes halogenated alkanes) is 3. The lowest BCUT2D eigenvalue weighted by Crippen LogP contribution is -2.50. The van der Waals surface area contributed by atoms with Crippen LogP contribution in [0.4, 0.5) is 5.69 Å². The van der Waals surface area contributed by atoms with Crippen molar-refractivity contribution in [1.82, 2.24) is 9.80 Å². The number of carbonyl (C=O) groups is 2. The zero-order chi connectivity index (χ0) is 21.3. The van der Waals surface area contributed by atoms with Gasteiger partial charge < -0.3 is 15.0 Å². The van der Waals surface area contributed by atoms with Crippen molar-refractivity contribution >= 4 is 17.6 Å². The molecule has 0 atom stereocenters. The van der Waals surface area contributed by atoms with E-state index in [1.807, 2.05) is 31.7 Å². The summed E-state index contributed by atoms with van der Waals surface area (Å²) < 4.78 is 5.47. The maximum absolute atomic E-state index is 12.6. The highest BCUT2D eigenvalue weighted by Crippen LogP contribution is 2.19. The van der Waals surface area contributed by atoms with E-state index in [4.69, 9.17) is 4.74 Å². The molecule has 0 aromatic heterocycles. The van der Waals surface area contributed by atoms with Gasteiger partial charge in [-0.15, -0.1) is 0 Å². The molecule has 1 amide bonds. The summed E-state index contributed by atoms with van der Waals surface area (Å²) >= 11 is 0. The molecule has 0 spiro atoms. The summed E-state index contributed by atoms with van der Waals surface area (Å²) in [5.41, 5.74) is 0.521. The van der Waals surface area contributed by atoms with Crippen molar-refractivity contribution in [1.29, 1.82) is 0 Å². The number of carbonyl (C=O) groups excluding carboxylic acids is 2. The molecule has 6 heteroatoms. The Morgan fingerprint density at radius 2 is 1.72 bits per heavy atom. The summed E-state index contributed by atoms with van der Waals surface area (Å²) in [4.78, 5) is 29.4. The van der Waals surface area contributed by atoms with E-state index in [1.54, 1.807) is 18.2 Å². The Labute approximate surface area is 175 Å². The number of hydrogen-bond donors (Lipinski definition) is 1. The quantitative estimate of drug-likeness (QED) is 0.502. The summed E-state index contributed by atoms with van der Waals surface area (Å²) in [6.07, 6.45) is 5.09. The maximum Gasteiger partial charge on any atom is 0.340 e. The molecule has 0 radical (unpaired) electrons. The molecule has 1 N–H and O–H groups in total. The van der Waals surface area contributed by atoms with Crippen LogP contribution in [0.1, 0.15) is 63.7 Å². The van der Waals surface area contributed by atoms with E-state index in [0.29, 0.717) is 11.3 Å². The molecule has 29 heavy (non-hydrogen) atoms. The lowest BCUT2D eigenvalue weighted by molar-refractivity contribution is -0.131. The average molecular weight is 404 g/mol. The number of esters is 1. The van der Waals surface area contributed by atoms with Gasteiger partial charge in [0.2, 0.25) is 5.91 Å². The van der Waals surface area contributed by atoms with Crippen LogP contribution in [0.3, 0.4) is 0 Å². The number of amides is 1. The largest absolute Gasteiger partial charge is 0.456 e. The predicted molar refractivity (Wildman–Crippen MR) is 117 cm³/mol. The van der Waals surface area contributed by atoms with E-state index in [1.165, 1.54) is 25.7 Å². The van der Waals surface area contributed by atoms with Crippen LogP contribution in [0.5, 0.6) is 0 Å². The fourth-order valence-electron chi connectivity index (χ4n) is 3.41. The fourth-order valence-corrected chi connectivity index (χ4v) is 3.41. The van der Waals surface area contributed by atoms with E-state index in [-0.39, 0.29) is 18.4 Å². The van der Waals surface area contributed by atoms with Crippen molar-refractivity contribution in [3.05, 3.63) is 29.8 Å². The van der Waals surface area contributed by atoms with Gasteiger partial charge >= 0.3 is 5.97 Å². The van der Waals surface area contributed by atoms with Crippen LogP contribution in [0, 0.1) is 0 Å². The molecule has 1 aliphatic heterocycles. The number of nitrogens with one attached hydrogen (secondary N) is 1. The van der Waals surface area contributed by atoms with E-state index in [0.717, 1.165) is 32.7 Å². The first-order chi connectivity index (χ1) is 13.8. The van der Waals surface area contributed by atoms with Crippen LogP contribution >= 0.6 is 0 Å². The molecule has 1 aliphatic rings. The molecular formula is C23H37N3O3. The molecule has 1 aromatic rings. The first-order valence-corrected chi connectivity index (χ1v) is 10.9. The Morgan fingerprint density at radius 1 is 1.03 bits per heavy atom. The molecular weight excluding hydrogens is 366 g/mol. The number of para-hydroxylation sites is 1. The highest BCUT2D eigenvalue weighted by Gasteiger charge is 2.22. The Balaban J connectivity index is 1.81. The lowest BCUT2D eigenvalue weighted by Gasteiger charge is -2.35. The summed E-state index contributed by atoms with van der Waals surface area (Å²) in [5, 5.41) is 3.13. The minimum absolute atomic E-state index is 0.0645. The number of hydrogen-bond acceptors (Lipinski definition) is 5. The van der Waals surface area contributed by atoms with Crippen molar-refractivity contribution in [3.8, 4) is 0 Å². The SMILES string of the molecule is CCCCCCN1CCN(C(=O)CNc2ccccc2C(=O)OC(C)(C)C)CC1. The summed E-state index contributed by atoms with van der Waals surface area (Å²) in [6.45, 7) is 12.5. The molecule has 0 unspecified atom stereocenters. The number of rotatable bonds is 9. The Morgan fingerprint density at radius 3 is 2.38 bits per heavy atom. The molecule has 2 rings (SSSR count). The highest BCUT2D eigenvalue weighted by atomic mass is 16.6. The third-order valence-corrected chi connectivity index (χ3v) is 5.03. The Bertz CT molecular complexity index is 662. The van der Waals surface area contributed by atoms with Gasteiger partial charge in [-0.3, -0.25) is 9.69 Å². The van der Waals surface area contributed by atoms with Gasteiger partial charge in [0.05, 0.1) is 12.1 Å². The molecule has 1 fully saturated rings. The third-order valence-electron chi connectivity index (χ3n) is 5.03. The first kappa shape index (κ1) is 23.2.